The molecule has 0 radical (unpaired) electrons. The number of cyclic esters (lactones) is 1. The molecule has 0 saturated heterocycles. The molecule has 0 N–H and O–H groups in total. The summed E-state index contributed by atoms with van der Waals surface area (Å²) in [7, 11) is 1.58. The van der Waals surface area contributed by atoms with E-state index >= 15 is 0 Å². The molecular formula is C20H18BrNO4. The lowest BCUT2D eigenvalue weighted by molar-refractivity contribution is -0.129. The Hall–Kier alpha value is -2.60. The normalized spacial score (nSPS) is 15.2. The Bertz CT molecular complexity index is 902. The summed E-state index contributed by atoms with van der Waals surface area (Å²) in [5.41, 5.74) is 1.73. The molecule has 0 spiro atoms. The summed E-state index contributed by atoms with van der Waals surface area (Å²) in [5.74, 6) is 1.04. The lowest BCUT2D eigenvalue weighted by Gasteiger charge is -2.13. The molecule has 26 heavy (non-hydrogen) atoms. The third-order valence-electron chi connectivity index (χ3n) is 3.55. The van der Waals surface area contributed by atoms with Crippen molar-refractivity contribution in [3.8, 4) is 11.5 Å². The van der Waals surface area contributed by atoms with E-state index in [1.54, 1.807) is 19.3 Å². The Morgan fingerprint density at radius 3 is 2.65 bits per heavy atom. The average Bonchev–Trinajstić information content (AvgIpc) is 2.96. The quantitative estimate of drug-likeness (QED) is 0.529. The van der Waals surface area contributed by atoms with Crippen LogP contribution in [-0.2, 0) is 9.53 Å². The minimum Gasteiger partial charge on any atom is -0.493 e. The van der Waals surface area contributed by atoms with E-state index in [0.29, 0.717) is 11.5 Å². The number of carbonyl (C=O) groups is 1. The largest absolute Gasteiger partial charge is 0.493 e. The van der Waals surface area contributed by atoms with Gasteiger partial charge in [-0.15, -0.1) is 0 Å². The van der Waals surface area contributed by atoms with Crippen molar-refractivity contribution in [2.45, 2.75) is 20.0 Å². The number of hydrogen-bond donors (Lipinski definition) is 0. The molecule has 2 aromatic carbocycles. The summed E-state index contributed by atoms with van der Waals surface area (Å²) in [4.78, 5) is 16.5. The maximum absolute atomic E-state index is 12.1. The molecule has 1 aliphatic rings. The zero-order valence-corrected chi connectivity index (χ0v) is 16.2. The van der Waals surface area contributed by atoms with Crippen molar-refractivity contribution in [1.82, 2.24) is 0 Å². The van der Waals surface area contributed by atoms with E-state index in [9.17, 15) is 4.79 Å². The van der Waals surface area contributed by atoms with Crippen molar-refractivity contribution in [3.05, 3.63) is 63.8 Å². The predicted molar refractivity (Wildman–Crippen MR) is 104 cm³/mol. The maximum atomic E-state index is 12.1. The molecule has 0 atom stereocenters. The van der Waals surface area contributed by atoms with E-state index in [0.717, 1.165) is 15.6 Å². The predicted octanol–water partition coefficient (Wildman–Crippen LogP) is 4.59. The highest BCUT2D eigenvalue weighted by Crippen LogP contribution is 2.30. The molecular weight excluding hydrogens is 398 g/mol. The number of nitrogens with zero attached hydrogens (tertiary/aromatic N) is 1. The van der Waals surface area contributed by atoms with Gasteiger partial charge < -0.3 is 14.2 Å². The van der Waals surface area contributed by atoms with Crippen LogP contribution in [0.25, 0.3) is 6.08 Å². The van der Waals surface area contributed by atoms with Crippen molar-refractivity contribution in [2.24, 2.45) is 4.99 Å². The molecule has 6 heteroatoms. The Morgan fingerprint density at radius 2 is 1.96 bits per heavy atom. The summed E-state index contributed by atoms with van der Waals surface area (Å²) in [5, 5.41) is 0. The molecule has 0 aromatic heterocycles. The molecule has 0 fully saturated rings. The SMILES string of the molecule is COc1cc(/C=C2/N=C(c3cccc(Br)c3)OC2=O)ccc1OC(C)C. The van der Waals surface area contributed by atoms with E-state index in [-0.39, 0.29) is 17.7 Å². The number of methoxy groups -OCH3 is 1. The van der Waals surface area contributed by atoms with Gasteiger partial charge in [0.25, 0.3) is 0 Å². The second kappa shape index (κ2) is 7.74. The van der Waals surface area contributed by atoms with Crippen LogP contribution in [0, 0.1) is 0 Å². The van der Waals surface area contributed by atoms with Crippen LogP contribution in [0.2, 0.25) is 0 Å². The number of halogens is 1. The van der Waals surface area contributed by atoms with Crippen molar-refractivity contribution < 1.29 is 19.0 Å². The fraction of sp³-hybridized carbons (Fsp3) is 0.200. The van der Waals surface area contributed by atoms with Crippen molar-refractivity contribution in [2.75, 3.05) is 7.11 Å². The van der Waals surface area contributed by atoms with Gasteiger partial charge in [-0.2, -0.15) is 0 Å². The van der Waals surface area contributed by atoms with Gasteiger partial charge in [0.05, 0.1) is 13.2 Å². The van der Waals surface area contributed by atoms with Gasteiger partial charge in [0, 0.05) is 10.0 Å². The molecule has 0 aliphatic carbocycles. The number of rotatable bonds is 5. The van der Waals surface area contributed by atoms with Gasteiger partial charge >= 0.3 is 5.97 Å². The minimum absolute atomic E-state index is 0.0373. The van der Waals surface area contributed by atoms with Crippen LogP contribution in [0.1, 0.15) is 25.0 Å². The summed E-state index contributed by atoms with van der Waals surface area (Å²) in [6.07, 6.45) is 1.70. The van der Waals surface area contributed by atoms with Gasteiger partial charge in [0.1, 0.15) is 0 Å². The number of esters is 1. The van der Waals surface area contributed by atoms with Crippen LogP contribution >= 0.6 is 15.9 Å². The van der Waals surface area contributed by atoms with Crippen molar-refractivity contribution in [1.29, 1.82) is 0 Å². The molecule has 1 heterocycles. The second-order valence-corrected chi connectivity index (χ2v) is 6.84. The first kappa shape index (κ1) is 18.2. The monoisotopic (exact) mass is 415 g/mol. The zero-order chi connectivity index (χ0) is 18.7. The number of ether oxygens (including phenoxy) is 3. The van der Waals surface area contributed by atoms with Gasteiger partial charge in [-0.1, -0.05) is 28.1 Å². The van der Waals surface area contributed by atoms with Gasteiger partial charge in [-0.25, -0.2) is 9.79 Å². The Kier molecular flexibility index (Phi) is 5.42. The van der Waals surface area contributed by atoms with Gasteiger partial charge in [-0.3, -0.25) is 0 Å². The Balaban J connectivity index is 1.90. The molecule has 5 nitrogen and oxygen atoms in total. The summed E-state index contributed by atoms with van der Waals surface area (Å²) < 4.78 is 17.2. The fourth-order valence-electron chi connectivity index (χ4n) is 2.44. The molecule has 134 valence electrons. The number of hydrogen-bond acceptors (Lipinski definition) is 5. The minimum atomic E-state index is -0.485. The third kappa shape index (κ3) is 4.14. The smallest absolute Gasteiger partial charge is 0.363 e. The first-order chi connectivity index (χ1) is 12.5. The van der Waals surface area contributed by atoms with E-state index in [2.05, 4.69) is 20.9 Å². The van der Waals surface area contributed by atoms with E-state index in [1.165, 1.54) is 0 Å². The number of benzene rings is 2. The van der Waals surface area contributed by atoms with Crippen LogP contribution in [-0.4, -0.2) is 25.1 Å². The topological polar surface area (TPSA) is 57.1 Å². The lowest BCUT2D eigenvalue weighted by Crippen LogP contribution is -2.06. The Morgan fingerprint density at radius 1 is 1.15 bits per heavy atom. The van der Waals surface area contributed by atoms with Crippen LogP contribution in [0.15, 0.2) is 57.6 Å². The molecule has 0 bridgehead atoms. The number of aliphatic imine (C=N–C) groups is 1. The summed E-state index contributed by atoms with van der Waals surface area (Å²) in [6.45, 7) is 3.89. The van der Waals surface area contributed by atoms with Gasteiger partial charge in [0.2, 0.25) is 5.90 Å². The van der Waals surface area contributed by atoms with E-state index in [1.807, 2.05) is 50.2 Å². The first-order valence-corrected chi connectivity index (χ1v) is 8.89. The summed E-state index contributed by atoms with van der Waals surface area (Å²) >= 11 is 3.40. The fourth-order valence-corrected chi connectivity index (χ4v) is 2.84. The van der Waals surface area contributed by atoms with Gasteiger partial charge in [0.15, 0.2) is 17.2 Å². The molecule has 2 aromatic rings. The second-order valence-electron chi connectivity index (χ2n) is 5.92. The van der Waals surface area contributed by atoms with E-state index in [4.69, 9.17) is 14.2 Å². The van der Waals surface area contributed by atoms with Crippen molar-refractivity contribution in [3.63, 3.8) is 0 Å². The molecule has 0 amide bonds. The highest BCUT2D eigenvalue weighted by molar-refractivity contribution is 9.10. The molecule has 3 rings (SSSR count). The number of carbonyl (C=O) groups excluding carboxylic acids is 1. The van der Waals surface area contributed by atoms with Crippen LogP contribution in [0.3, 0.4) is 0 Å². The molecule has 0 unspecified atom stereocenters. The van der Waals surface area contributed by atoms with Crippen LogP contribution in [0.5, 0.6) is 11.5 Å². The highest BCUT2D eigenvalue weighted by Gasteiger charge is 2.24. The first-order valence-electron chi connectivity index (χ1n) is 8.09. The van der Waals surface area contributed by atoms with Gasteiger partial charge in [-0.05, 0) is 55.8 Å². The molecule has 1 aliphatic heterocycles. The maximum Gasteiger partial charge on any atom is 0.363 e. The molecule has 0 saturated carbocycles. The Labute approximate surface area is 160 Å². The van der Waals surface area contributed by atoms with E-state index < -0.39 is 5.97 Å². The lowest BCUT2D eigenvalue weighted by atomic mass is 10.1. The summed E-state index contributed by atoms with van der Waals surface area (Å²) in [6, 6.07) is 12.9. The average molecular weight is 416 g/mol. The van der Waals surface area contributed by atoms with Crippen LogP contribution < -0.4 is 9.47 Å². The zero-order valence-electron chi connectivity index (χ0n) is 14.7. The van der Waals surface area contributed by atoms with Crippen molar-refractivity contribution >= 4 is 33.9 Å². The van der Waals surface area contributed by atoms with Crippen LogP contribution in [0.4, 0.5) is 0 Å². The third-order valence-corrected chi connectivity index (χ3v) is 4.04. The standard InChI is InChI=1S/C20H18BrNO4/c1-12(2)25-17-8-7-13(10-18(17)24-3)9-16-20(23)26-19(22-16)14-5-4-6-15(21)11-14/h4-12H,1-3H3/b16-9+. The highest BCUT2D eigenvalue weighted by atomic mass is 79.9.